The minimum Gasteiger partial charge on any atom is -0.480 e. The minimum atomic E-state index is -1.21. The predicted molar refractivity (Wildman–Crippen MR) is 98.2 cm³/mol. The van der Waals surface area contributed by atoms with E-state index in [9.17, 15) is 24.3 Å². The second-order valence-electron chi connectivity index (χ2n) is 6.66. The summed E-state index contributed by atoms with van der Waals surface area (Å²) in [6.45, 7) is 0.431. The van der Waals surface area contributed by atoms with Gasteiger partial charge in [-0.05, 0) is 32.2 Å². The Morgan fingerprint density at radius 1 is 1.11 bits per heavy atom. The van der Waals surface area contributed by atoms with Crippen LogP contribution < -0.4 is 16.0 Å². The van der Waals surface area contributed by atoms with Gasteiger partial charge >= 0.3 is 5.97 Å². The molecule has 27 heavy (non-hydrogen) atoms. The summed E-state index contributed by atoms with van der Waals surface area (Å²) in [5.41, 5.74) is 0. The first kappa shape index (κ1) is 21.5. The van der Waals surface area contributed by atoms with Crippen LogP contribution in [0.25, 0.3) is 0 Å². The Labute approximate surface area is 162 Å². The molecule has 152 valence electrons. The fourth-order valence-corrected chi connectivity index (χ4v) is 3.57. The summed E-state index contributed by atoms with van der Waals surface area (Å²) < 4.78 is 0. The molecule has 0 saturated carbocycles. The smallest absolute Gasteiger partial charge is 0.327 e. The molecule has 0 spiro atoms. The number of carboxylic acids is 1. The van der Waals surface area contributed by atoms with E-state index >= 15 is 0 Å². The van der Waals surface area contributed by atoms with Gasteiger partial charge in [0.25, 0.3) is 0 Å². The Bertz CT molecular complexity index is 583. The second-order valence-corrected chi connectivity index (χ2v) is 7.03. The summed E-state index contributed by atoms with van der Waals surface area (Å²) in [5, 5.41) is 26.5. The molecule has 2 heterocycles. The molecular formula is C16H26N4O6S. The van der Waals surface area contributed by atoms with Crippen molar-refractivity contribution in [3.63, 3.8) is 0 Å². The fourth-order valence-electron chi connectivity index (χ4n) is 3.32. The molecule has 0 aromatic carbocycles. The fraction of sp³-hybridized carbons (Fsp3) is 0.750. The van der Waals surface area contributed by atoms with E-state index in [4.69, 9.17) is 5.11 Å². The van der Waals surface area contributed by atoms with Crippen LogP contribution in [0, 0.1) is 0 Å². The average molecular weight is 402 g/mol. The number of amides is 3. The van der Waals surface area contributed by atoms with E-state index in [0.717, 1.165) is 13.0 Å². The Kier molecular flexibility index (Phi) is 7.87. The van der Waals surface area contributed by atoms with Gasteiger partial charge in [0.1, 0.15) is 18.1 Å². The van der Waals surface area contributed by atoms with Crippen molar-refractivity contribution >= 4 is 36.3 Å². The van der Waals surface area contributed by atoms with Gasteiger partial charge in [0.15, 0.2) is 0 Å². The molecule has 0 aromatic rings. The molecule has 2 aliphatic heterocycles. The van der Waals surface area contributed by atoms with Gasteiger partial charge < -0.3 is 31.1 Å². The maximum Gasteiger partial charge on any atom is 0.327 e. The molecule has 4 unspecified atom stereocenters. The number of aliphatic carboxylic acids is 1. The number of nitrogens with zero attached hydrogens (tertiary/aromatic N) is 1. The van der Waals surface area contributed by atoms with Gasteiger partial charge in [-0.3, -0.25) is 14.4 Å². The number of likely N-dealkylation sites (tertiary alicyclic amines) is 1. The van der Waals surface area contributed by atoms with Gasteiger partial charge in [-0.15, -0.1) is 0 Å². The second kappa shape index (κ2) is 9.90. The molecule has 10 nitrogen and oxygen atoms in total. The summed E-state index contributed by atoms with van der Waals surface area (Å²) in [5.74, 6) is -2.78. The van der Waals surface area contributed by atoms with Crippen LogP contribution in [0.3, 0.4) is 0 Å². The molecule has 2 saturated heterocycles. The van der Waals surface area contributed by atoms with E-state index < -0.39 is 48.6 Å². The molecule has 2 fully saturated rings. The normalized spacial score (nSPS) is 24.3. The zero-order valence-corrected chi connectivity index (χ0v) is 15.8. The summed E-state index contributed by atoms with van der Waals surface area (Å²) in [7, 11) is 0. The Morgan fingerprint density at radius 3 is 2.37 bits per heavy atom. The number of carboxylic acid groups (broad SMARTS) is 1. The zero-order chi connectivity index (χ0) is 20.0. The molecule has 5 N–H and O–H groups in total. The molecule has 0 aliphatic carbocycles. The maximum atomic E-state index is 12.8. The van der Waals surface area contributed by atoms with Crippen LogP contribution in [0.4, 0.5) is 0 Å². The van der Waals surface area contributed by atoms with Crippen molar-refractivity contribution < 1.29 is 29.4 Å². The maximum absolute atomic E-state index is 12.8. The van der Waals surface area contributed by atoms with Crippen LogP contribution in [0.15, 0.2) is 0 Å². The molecule has 0 aromatic heterocycles. The molecule has 3 amide bonds. The van der Waals surface area contributed by atoms with Gasteiger partial charge in [0.05, 0.1) is 12.6 Å². The van der Waals surface area contributed by atoms with Crippen LogP contribution >= 0.6 is 12.6 Å². The lowest BCUT2D eigenvalue weighted by atomic mass is 10.1. The van der Waals surface area contributed by atoms with Crippen molar-refractivity contribution in [3.8, 4) is 0 Å². The summed E-state index contributed by atoms with van der Waals surface area (Å²) in [4.78, 5) is 49.7. The third kappa shape index (κ3) is 5.33. The number of carbonyl (C=O) groups excluding carboxylic acids is 3. The topological polar surface area (TPSA) is 148 Å². The number of thiol groups is 1. The van der Waals surface area contributed by atoms with Crippen LogP contribution in [-0.2, 0) is 19.2 Å². The van der Waals surface area contributed by atoms with E-state index in [1.54, 1.807) is 0 Å². The lowest BCUT2D eigenvalue weighted by Crippen LogP contribution is -2.57. The highest BCUT2D eigenvalue weighted by Gasteiger charge is 2.39. The predicted octanol–water partition coefficient (Wildman–Crippen LogP) is -2.29. The molecular weight excluding hydrogens is 376 g/mol. The SMILES string of the molecule is O=C(O)C(CS)NC(=O)C1CCCN1C(=O)C(CO)NC(=O)C1CCCN1. The first-order valence-electron chi connectivity index (χ1n) is 8.98. The highest BCUT2D eigenvalue weighted by atomic mass is 32.1. The van der Waals surface area contributed by atoms with Crippen LogP contribution in [0.1, 0.15) is 25.7 Å². The highest BCUT2D eigenvalue weighted by molar-refractivity contribution is 7.80. The van der Waals surface area contributed by atoms with Gasteiger partial charge in [-0.25, -0.2) is 4.79 Å². The lowest BCUT2D eigenvalue weighted by molar-refractivity contribution is -0.144. The van der Waals surface area contributed by atoms with Crippen LogP contribution in [0.2, 0.25) is 0 Å². The Balaban J connectivity index is 2.00. The monoisotopic (exact) mass is 402 g/mol. The number of aliphatic hydroxyl groups excluding tert-OH is 1. The van der Waals surface area contributed by atoms with Crippen LogP contribution in [-0.4, -0.2) is 88.4 Å². The number of aliphatic hydroxyl groups is 1. The number of rotatable bonds is 8. The molecule has 2 rings (SSSR count). The number of hydrogen-bond acceptors (Lipinski definition) is 7. The van der Waals surface area contributed by atoms with Crippen molar-refractivity contribution in [2.45, 2.75) is 49.9 Å². The molecule has 0 bridgehead atoms. The lowest BCUT2D eigenvalue weighted by Gasteiger charge is -2.29. The van der Waals surface area contributed by atoms with E-state index in [1.165, 1.54) is 4.90 Å². The van der Waals surface area contributed by atoms with Crippen molar-refractivity contribution in [3.05, 3.63) is 0 Å². The molecule has 2 aliphatic rings. The largest absolute Gasteiger partial charge is 0.480 e. The molecule has 4 atom stereocenters. The zero-order valence-electron chi connectivity index (χ0n) is 14.9. The standard InChI is InChI=1S/C16H26N4O6S/c21-7-10(18-13(22)9-3-1-5-17-9)15(24)20-6-2-4-12(20)14(23)19-11(8-27)16(25)26/h9-12,17,21,27H,1-8H2,(H,18,22)(H,19,23)(H,25,26). The Morgan fingerprint density at radius 2 is 1.81 bits per heavy atom. The molecule has 11 heteroatoms. The van der Waals surface area contributed by atoms with Crippen molar-refractivity contribution in [2.24, 2.45) is 0 Å². The third-order valence-electron chi connectivity index (χ3n) is 4.81. The number of hydrogen-bond donors (Lipinski definition) is 6. The Hall–Kier alpha value is -1.85. The van der Waals surface area contributed by atoms with E-state index in [-0.39, 0.29) is 11.7 Å². The van der Waals surface area contributed by atoms with Gasteiger partial charge in [0, 0.05) is 12.3 Å². The van der Waals surface area contributed by atoms with E-state index in [1.807, 2.05) is 0 Å². The summed E-state index contributed by atoms with van der Waals surface area (Å²) in [6, 6.07) is -3.53. The summed E-state index contributed by atoms with van der Waals surface area (Å²) in [6.07, 6.45) is 2.47. The highest BCUT2D eigenvalue weighted by Crippen LogP contribution is 2.19. The first-order chi connectivity index (χ1) is 12.9. The number of carbonyl (C=O) groups is 4. The minimum absolute atomic E-state index is 0.0779. The van der Waals surface area contributed by atoms with Crippen molar-refractivity contribution in [1.29, 1.82) is 0 Å². The van der Waals surface area contributed by atoms with Gasteiger partial charge in [-0.1, -0.05) is 0 Å². The van der Waals surface area contributed by atoms with Gasteiger partial charge in [-0.2, -0.15) is 12.6 Å². The average Bonchev–Trinajstić information content (AvgIpc) is 3.34. The molecule has 0 radical (unpaired) electrons. The first-order valence-corrected chi connectivity index (χ1v) is 9.61. The van der Waals surface area contributed by atoms with Gasteiger partial charge in [0.2, 0.25) is 17.7 Å². The van der Waals surface area contributed by atoms with E-state index in [2.05, 4.69) is 28.6 Å². The third-order valence-corrected chi connectivity index (χ3v) is 5.17. The van der Waals surface area contributed by atoms with E-state index in [0.29, 0.717) is 25.8 Å². The van der Waals surface area contributed by atoms with Crippen LogP contribution in [0.5, 0.6) is 0 Å². The summed E-state index contributed by atoms with van der Waals surface area (Å²) >= 11 is 3.90. The van der Waals surface area contributed by atoms with Crippen molar-refractivity contribution in [1.82, 2.24) is 20.9 Å². The number of nitrogens with one attached hydrogen (secondary N) is 3. The quantitative estimate of drug-likeness (QED) is 0.250. The van der Waals surface area contributed by atoms with Crippen molar-refractivity contribution in [2.75, 3.05) is 25.4 Å².